The molecular weight excluding hydrogens is 262 g/mol. The van der Waals surface area contributed by atoms with Gasteiger partial charge in [-0.05, 0) is 18.1 Å². The summed E-state index contributed by atoms with van der Waals surface area (Å²) < 4.78 is 0. The van der Waals surface area contributed by atoms with Gasteiger partial charge in [0.05, 0.1) is 5.52 Å². The van der Waals surface area contributed by atoms with Crippen LogP contribution in [0, 0.1) is 5.92 Å². The standard InChI is InChI=1S/C14H15NO3S/c1-9(7-16)8-19-13-6-12(14(17)18)15-11-5-3-2-4-10(11)13/h2-6,9,16H,7-8H2,1H3,(H,17,18). The maximum absolute atomic E-state index is 11.1. The molecule has 1 heterocycles. The van der Waals surface area contributed by atoms with E-state index >= 15 is 0 Å². The molecule has 1 atom stereocenters. The highest BCUT2D eigenvalue weighted by atomic mass is 32.2. The summed E-state index contributed by atoms with van der Waals surface area (Å²) in [4.78, 5) is 16.1. The van der Waals surface area contributed by atoms with Gasteiger partial charge in [0.1, 0.15) is 5.69 Å². The predicted molar refractivity (Wildman–Crippen MR) is 75.7 cm³/mol. The molecule has 100 valence electrons. The molecule has 2 rings (SSSR count). The molecule has 0 aliphatic rings. The van der Waals surface area contributed by atoms with E-state index in [2.05, 4.69) is 4.98 Å². The number of aliphatic hydroxyl groups is 1. The molecule has 4 nitrogen and oxygen atoms in total. The van der Waals surface area contributed by atoms with Crippen molar-refractivity contribution in [1.82, 2.24) is 4.98 Å². The van der Waals surface area contributed by atoms with Gasteiger partial charge >= 0.3 is 5.97 Å². The van der Waals surface area contributed by atoms with Gasteiger partial charge in [-0.25, -0.2) is 9.78 Å². The third kappa shape index (κ3) is 3.24. The van der Waals surface area contributed by atoms with Gasteiger partial charge in [0.25, 0.3) is 0 Å². The average Bonchev–Trinajstić information content (AvgIpc) is 2.43. The van der Waals surface area contributed by atoms with E-state index in [1.807, 2.05) is 25.1 Å². The van der Waals surface area contributed by atoms with Crippen molar-refractivity contribution in [2.45, 2.75) is 11.8 Å². The lowest BCUT2D eigenvalue weighted by Crippen LogP contribution is -2.04. The summed E-state index contributed by atoms with van der Waals surface area (Å²) in [7, 11) is 0. The third-order valence-electron chi connectivity index (χ3n) is 2.73. The minimum absolute atomic E-state index is 0.0536. The Bertz CT molecular complexity index is 600. The molecule has 0 bridgehead atoms. The predicted octanol–water partition coefficient (Wildman–Crippen LogP) is 2.65. The second kappa shape index (κ2) is 6.04. The number of aliphatic hydroxyl groups excluding tert-OH is 1. The number of aromatic nitrogens is 1. The third-order valence-corrected chi connectivity index (χ3v) is 4.12. The summed E-state index contributed by atoms with van der Waals surface area (Å²) in [5.41, 5.74) is 0.736. The highest BCUT2D eigenvalue weighted by Gasteiger charge is 2.12. The lowest BCUT2D eigenvalue weighted by Gasteiger charge is -2.10. The monoisotopic (exact) mass is 277 g/mol. The number of hydrogen-bond donors (Lipinski definition) is 2. The molecule has 1 aromatic carbocycles. The molecule has 0 amide bonds. The first kappa shape index (κ1) is 13.8. The Labute approximate surface area is 115 Å². The van der Waals surface area contributed by atoms with Crippen LogP contribution in [0.25, 0.3) is 10.9 Å². The molecular formula is C14H15NO3S. The van der Waals surface area contributed by atoms with Crippen LogP contribution < -0.4 is 0 Å². The molecule has 0 aliphatic carbocycles. The van der Waals surface area contributed by atoms with Crippen molar-refractivity contribution in [3.8, 4) is 0 Å². The van der Waals surface area contributed by atoms with Crippen LogP contribution in [-0.2, 0) is 0 Å². The SMILES string of the molecule is CC(CO)CSc1cc(C(=O)O)nc2ccccc12. The zero-order valence-corrected chi connectivity index (χ0v) is 11.4. The van der Waals surface area contributed by atoms with Crippen LogP contribution in [0.3, 0.4) is 0 Å². The molecule has 19 heavy (non-hydrogen) atoms. The van der Waals surface area contributed by atoms with Crippen molar-refractivity contribution in [3.63, 3.8) is 0 Å². The van der Waals surface area contributed by atoms with E-state index in [0.29, 0.717) is 5.52 Å². The van der Waals surface area contributed by atoms with Crippen molar-refractivity contribution in [2.75, 3.05) is 12.4 Å². The Balaban J connectivity index is 2.41. The lowest BCUT2D eigenvalue weighted by molar-refractivity contribution is 0.0690. The fraction of sp³-hybridized carbons (Fsp3) is 0.286. The topological polar surface area (TPSA) is 70.4 Å². The van der Waals surface area contributed by atoms with Gasteiger partial charge in [0.15, 0.2) is 0 Å². The van der Waals surface area contributed by atoms with E-state index in [9.17, 15) is 4.79 Å². The number of fused-ring (bicyclic) bond motifs is 1. The molecule has 0 radical (unpaired) electrons. The number of carbonyl (C=O) groups is 1. The van der Waals surface area contributed by atoms with Crippen molar-refractivity contribution in [2.24, 2.45) is 5.92 Å². The molecule has 2 N–H and O–H groups in total. The number of carboxylic acid groups (broad SMARTS) is 1. The van der Waals surface area contributed by atoms with Gasteiger partial charge in [-0.15, -0.1) is 11.8 Å². The maximum atomic E-state index is 11.1. The van der Waals surface area contributed by atoms with Crippen molar-refractivity contribution in [3.05, 3.63) is 36.0 Å². The van der Waals surface area contributed by atoms with Gasteiger partial charge in [-0.2, -0.15) is 0 Å². The van der Waals surface area contributed by atoms with E-state index in [4.69, 9.17) is 10.2 Å². The Hall–Kier alpha value is -1.59. The average molecular weight is 277 g/mol. The summed E-state index contributed by atoms with van der Waals surface area (Å²) in [6.45, 7) is 2.08. The molecule has 0 aliphatic heterocycles. The maximum Gasteiger partial charge on any atom is 0.354 e. The first-order valence-electron chi connectivity index (χ1n) is 5.98. The molecule has 0 saturated carbocycles. The Morgan fingerprint density at radius 2 is 2.16 bits per heavy atom. The minimum atomic E-state index is -1.03. The minimum Gasteiger partial charge on any atom is -0.477 e. The quantitative estimate of drug-likeness (QED) is 0.822. The van der Waals surface area contributed by atoms with Crippen LogP contribution in [0.15, 0.2) is 35.2 Å². The van der Waals surface area contributed by atoms with Crippen LogP contribution in [0.5, 0.6) is 0 Å². The number of benzene rings is 1. The summed E-state index contributed by atoms with van der Waals surface area (Å²) in [5.74, 6) is -0.114. The number of rotatable bonds is 5. The van der Waals surface area contributed by atoms with Crippen molar-refractivity contribution >= 4 is 28.6 Å². The second-order valence-corrected chi connectivity index (χ2v) is 5.49. The van der Waals surface area contributed by atoms with Crippen LogP contribution in [0.2, 0.25) is 0 Å². The van der Waals surface area contributed by atoms with Gasteiger partial charge in [0, 0.05) is 22.6 Å². The Morgan fingerprint density at radius 3 is 2.84 bits per heavy atom. The molecule has 5 heteroatoms. The second-order valence-electron chi connectivity index (χ2n) is 4.43. The first-order chi connectivity index (χ1) is 9.11. The molecule has 0 spiro atoms. The Morgan fingerprint density at radius 1 is 1.42 bits per heavy atom. The number of thioether (sulfide) groups is 1. The fourth-order valence-corrected chi connectivity index (χ4v) is 2.75. The number of para-hydroxylation sites is 1. The number of nitrogens with zero attached hydrogens (tertiary/aromatic N) is 1. The van der Waals surface area contributed by atoms with E-state index in [0.717, 1.165) is 16.0 Å². The zero-order chi connectivity index (χ0) is 13.8. The summed E-state index contributed by atoms with van der Waals surface area (Å²) >= 11 is 1.55. The van der Waals surface area contributed by atoms with E-state index in [-0.39, 0.29) is 18.2 Å². The number of pyridine rings is 1. The first-order valence-corrected chi connectivity index (χ1v) is 6.97. The van der Waals surface area contributed by atoms with Crippen LogP contribution in [0.1, 0.15) is 17.4 Å². The van der Waals surface area contributed by atoms with Crippen LogP contribution >= 0.6 is 11.8 Å². The van der Waals surface area contributed by atoms with Crippen molar-refractivity contribution < 1.29 is 15.0 Å². The largest absolute Gasteiger partial charge is 0.477 e. The van der Waals surface area contributed by atoms with E-state index < -0.39 is 5.97 Å². The number of carboxylic acids is 1. The van der Waals surface area contributed by atoms with Gasteiger partial charge in [0.2, 0.25) is 0 Å². The fourth-order valence-electron chi connectivity index (χ4n) is 1.66. The molecule has 1 unspecified atom stereocenters. The summed E-state index contributed by atoms with van der Waals surface area (Å²) in [5, 5.41) is 19.1. The molecule has 0 fully saturated rings. The summed E-state index contributed by atoms with van der Waals surface area (Å²) in [6.07, 6.45) is 0. The van der Waals surface area contributed by atoms with E-state index in [1.54, 1.807) is 23.9 Å². The zero-order valence-electron chi connectivity index (χ0n) is 10.5. The van der Waals surface area contributed by atoms with Crippen LogP contribution in [0.4, 0.5) is 0 Å². The smallest absolute Gasteiger partial charge is 0.354 e. The summed E-state index contributed by atoms with van der Waals surface area (Å²) in [6, 6.07) is 9.08. The number of hydrogen-bond acceptors (Lipinski definition) is 4. The molecule has 0 saturated heterocycles. The van der Waals surface area contributed by atoms with Gasteiger partial charge < -0.3 is 10.2 Å². The number of aromatic carboxylic acids is 1. The van der Waals surface area contributed by atoms with Crippen LogP contribution in [-0.4, -0.2) is 33.5 Å². The normalized spacial score (nSPS) is 12.5. The van der Waals surface area contributed by atoms with Gasteiger partial charge in [-0.1, -0.05) is 25.1 Å². The van der Waals surface area contributed by atoms with E-state index in [1.165, 1.54) is 0 Å². The molecule has 2 aromatic rings. The van der Waals surface area contributed by atoms with Gasteiger partial charge in [-0.3, -0.25) is 0 Å². The lowest BCUT2D eigenvalue weighted by atomic mass is 10.2. The molecule has 1 aromatic heterocycles. The highest BCUT2D eigenvalue weighted by Crippen LogP contribution is 2.29. The van der Waals surface area contributed by atoms with Crippen molar-refractivity contribution in [1.29, 1.82) is 0 Å². The highest BCUT2D eigenvalue weighted by molar-refractivity contribution is 7.99. The Kier molecular flexibility index (Phi) is 4.39.